The van der Waals surface area contributed by atoms with Crippen LogP contribution in [0.3, 0.4) is 0 Å². The Morgan fingerprint density at radius 1 is 1.35 bits per heavy atom. The van der Waals surface area contributed by atoms with Crippen molar-refractivity contribution in [3.05, 3.63) is 35.9 Å². The number of ether oxygens (including phenoxy) is 1. The lowest BCUT2D eigenvalue weighted by Crippen LogP contribution is -2.42. The van der Waals surface area contributed by atoms with Crippen LogP contribution in [-0.2, 0) is 15.1 Å². The molecular formula is C12H14F2O3. The first-order valence-electron chi connectivity index (χ1n) is 5.05. The Kier molecular flexibility index (Phi) is 4.17. The molecule has 0 radical (unpaired) electrons. The molecule has 1 aromatic rings. The van der Waals surface area contributed by atoms with Crippen molar-refractivity contribution < 1.29 is 23.4 Å². The Labute approximate surface area is 98.0 Å². The zero-order chi connectivity index (χ0) is 13.1. The number of aliphatic hydroxyl groups is 1. The molecule has 0 fully saturated rings. The third kappa shape index (κ3) is 2.79. The van der Waals surface area contributed by atoms with Gasteiger partial charge in [0.05, 0.1) is 7.11 Å². The van der Waals surface area contributed by atoms with Crippen LogP contribution in [0.2, 0.25) is 0 Å². The lowest BCUT2D eigenvalue weighted by Gasteiger charge is -2.30. The van der Waals surface area contributed by atoms with E-state index in [0.29, 0.717) is 0 Å². The highest BCUT2D eigenvalue weighted by Crippen LogP contribution is 2.34. The first kappa shape index (κ1) is 13.6. The Balaban J connectivity index is 3.13. The summed E-state index contributed by atoms with van der Waals surface area (Å²) >= 11 is 0. The van der Waals surface area contributed by atoms with Crippen LogP contribution in [0.1, 0.15) is 12.5 Å². The molecule has 0 aliphatic heterocycles. The molecule has 1 rings (SSSR count). The number of carbonyl (C=O) groups is 1. The van der Waals surface area contributed by atoms with Gasteiger partial charge in [0.25, 0.3) is 6.43 Å². The van der Waals surface area contributed by atoms with Crippen molar-refractivity contribution in [3.63, 3.8) is 0 Å². The molecule has 5 heteroatoms. The molecule has 0 saturated carbocycles. The highest BCUT2D eigenvalue weighted by atomic mass is 19.3. The fourth-order valence-electron chi connectivity index (χ4n) is 1.66. The van der Waals surface area contributed by atoms with Gasteiger partial charge in [-0.25, -0.2) is 8.78 Å². The average molecular weight is 244 g/mol. The summed E-state index contributed by atoms with van der Waals surface area (Å²) in [6.07, 6.45) is -3.00. The third-order valence-corrected chi connectivity index (χ3v) is 2.67. The van der Waals surface area contributed by atoms with Gasteiger partial charge < -0.3 is 9.84 Å². The monoisotopic (exact) mass is 244 g/mol. The number of rotatable bonds is 4. The lowest BCUT2D eigenvalue weighted by molar-refractivity contribution is -0.167. The molecule has 0 heterocycles. The van der Waals surface area contributed by atoms with Crippen molar-refractivity contribution in [2.75, 3.05) is 7.11 Å². The Morgan fingerprint density at radius 3 is 2.29 bits per heavy atom. The molecule has 94 valence electrons. The Hall–Kier alpha value is -1.49. The van der Waals surface area contributed by atoms with Gasteiger partial charge in [0.15, 0.2) is 0 Å². The Bertz CT molecular complexity index is 377. The number of benzene rings is 1. The number of carbonyl (C=O) groups excluding carboxylic acids is 1. The smallest absolute Gasteiger partial charge is 0.317 e. The van der Waals surface area contributed by atoms with Crippen molar-refractivity contribution in [2.45, 2.75) is 19.0 Å². The van der Waals surface area contributed by atoms with Crippen LogP contribution in [0.5, 0.6) is 0 Å². The zero-order valence-electron chi connectivity index (χ0n) is 9.56. The second-order valence-corrected chi connectivity index (χ2v) is 3.85. The standard InChI is InChI=1S/C12H14F2O3/c1-12(16,8-6-4-3-5-7-8)9(10(13)14)11(15)17-2/h3-7,9-10,16H,1-2H3. The van der Waals surface area contributed by atoms with Crippen molar-refractivity contribution in [3.8, 4) is 0 Å². The lowest BCUT2D eigenvalue weighted by atomic mass is 9.83. The average Bonchev–Trinajstić information content (AvgIpc) is 2.29. The normalized spacial score (nSPS) is 16.4. The number of hydrogen-bond donors (Lipinski definition) is 1. The molecule has 0 aliphatic rings. The second-order valence-electron chi connectivity index (χ2n) is 3.85. The molecule has 3 nitrogen and oxygen atoms in total. The fraction of sp³-hybridized carbons (Fsp3) is 0.417. The van der Waals surface area contributed by atoms with Gasteiger partial charge in [0, 0.05) is 0 Å². The van der Waals surface area contributed by atoms with Crippen molar-refractivity contribution >= 4 is 5.97 Å². The number of hydrogen-bond acceptors (Lipinski definition) is 3. The third-order valence-electron chi connectivity index (χ3n) is 2.67. The van der Waals surface area contributed by atoms with Crippen LogP contribution in [0.15, 0.2) is 30.3 Å². The summed E-state index contributed by atoms with van der Waals surface area (Å²) in [6, 6.07) is 7.86. The fourth-order valence-corrected chi connectivity index (χ4v) is 1.66. The summed E-state index contributed by atoms with van der Waals surface area (Å²) in [4.78, 5) is 11.3. The van der Waals surface area contributed by atoms with Crippen molar-refractivity contribution in [2.24, 2.45) is 5.92 Å². The summed E-state index contributed by atoms with van der Waals surface area (Å²) in [6.45, 7) is 1.18. The molecule has 0 amide bonds. The van der Waals surface area contributed by atoms with E-state index < -0.39 is 23.9 Å². The molecule has 2 atom stereocenters. The topological polar surface area (TPSA) is 46.5 Å². The second kappa shape index (κ2) is 5.23. The highest BCUT2D eigenvalue weighted by molar-refractivity contribution is 5.74. The van der Waals surface area contributed by atoms with E-state index in [1.165, 1.54) is 19.1 Å². The van der Waals surface area contributed by atoms with Gasteiger partial charge in [-0.3, -0.25) is 4.79 Å². The van der Waals surface area contributed by atoms with Gasteiger partial charge in [0.2, 0.25) is 0 Å². The largest absolute Gasteiger partial charge is 0.469 e. The molecule has 0 aromatic heterocycles. The predicted molar refractivity (Wildman–Crippen MR) is 57.5 cm³/mol. The van der Waals surface area contributed by atoms with E-state index >= 15 is 0 Å². The summed E-state index contributed by atoms with van der Waals surface area (Å²) in [5, 5.41) is 10.1. The summed E-state index contributed by atoms with van der Waals surface area (Å²) in [5.41, 5.74) is -1.72. The van der Waals surface area contributed by atoms with Gasteiger partial charge in [-0.2, -0.15) is 0 Å². The maximum Gasteiger partial charge on any atom is 0.317 e. The van der Waals surface area contributed by atoms with E-state index in [2.05, 4.69) is 4.74 Å². The summed E-state index contributed by atoms with van der Waals surface area (Å²) in [5.74, 6) is -3.04. The van der Waals surface area contributed by atoms with Crippen LogP contribution >= 0.6 is 0 Å². The van der Waals surface area contributed by atoms with Crippen molar-refractivity contribution in [1.29, 1.82) is 0 Å². The van der Waals surface area contributed by atoms with E-state index in [-0.39, 0.29) is 5.56 Å². The minimum Gasteiger partial charge on any atom is -0.469 e. The van der Waals surface area contributed by atoms with Gasteiger partial charge in [-0.1, -0.05) is 30.3 Å². The van der Waals surface area contributed by atoms with Crippen molar-refractivity contribution in [1.82, 2.24) is 0 Å². The zero-order valence-corrected chi connectivity index (χ0v) is 9.56. The van der Waals surface area contributed by atoms with E-state index in [1.807, 2.05) is 0 Å². The first-order valence-corrected chi connectivity index (χ1v) is 5.05. The van der Waals surface area contributed by atoms with Crippen LogP contribution in [0.4, 0.5) is 8.78 Å². The molecule has 1 N–H and O–H groups in total. The van der Waals surface area contributed by atoms with E-state index in [4.69, 9.17) is 0 Å². The quantitative estimate of drug-likeness (QED) is 0.823. The molecular weight excluding hydrogens is 230 g/mol. The predicted octanol–water partition coefficient (Wildman–Crippen LogP) is 1.95. The van der Waals surface area contributed by atoms with Gasteiger partial charge in [0.1, 0.15) is 11.5 Å². The number of halogens is 2. The first-order chi connectivity index (χ1) is 7.91. The maximum atomic E-state index is 12.9. The number of esters is 1. The molecule has 0 bridgehead atoms. The highest BCUT2D eigenvalue weighted by Gasteiger charge is 2.46. The van der Waals surface area contributed by atoms with E-state index in [0.717, 1.165) is 7.11 Å². The van der Waals surface area contributed by atoms with E-state index in [9.17, 15) is 18.7 Å². The maximum absolute atomic E-state index is 12.9. The summed E-state index contributed by atoms with van der Waals surface area (Å²) < 4.78 is 30.0. The summed E-state index contributed by atoms with van der Waals surface area (Å²) in [7, 11) is 1.01. The number of alkyl halides is 2. The molecule has 0 saturated heterocycles. The molecule has 2 unspecified atom stereocenters. The van der Waals surface area contributed by atoms with Crippen LogP contribution in [0, 0.1) is 5.92 Å². The SMILES string of the molecule is COC(=O)C(C(F)F)C(C)(O)c1ccccc1. The van der Waals surface area contributed by atoms with E-state index in [1.54, 1.807) is 18.2 Å². The number of methoxy groups -OCH3 is 1. The molecule has 1 aromatic carbocycles. The van der Waals surface area contributed by atoms with Crippen LogP contribution < -0.4 is 0 Å². The van der Waals surface area contributed by atoms with Gasteiger partial charge >= 0.3 is 5.97 Å². The minimum absolute atomic E-state index is 0.246. The van der Waals surface area contributed by atoms with Gasteiger partial charge in [-0.15, -0.1) is 0 Å². The molecule has 17 heavy (non-hydrogen) atoms. The molecule has 0 spiro atoms. The molecule has 0 aliphatic carbocycles. The van der Waals surface area contributed by atoms with Crippen LogP contribution in [-0.4, -0.2) is 24.6 Å². The minimum atomic E-state index is -3.00. The Morgan fingerprint density at radius 2 is 1.88 bits per heavy atom. The van der Waals surface area contributed by atoms with Gasteiger partial charge in [-0.05, 0) is 12.5 Å². The van der Waals surface area contributed by atoms with Crippen LogP contribution in [0.25, 0.3) is 0 Å².